The number of aromatic nitrogens is 3. The highest BCUT2D eigenvalue weighted by Crippen LogP contribution is 2.27. The van der Waals surface area contributed by atoms with E-state index in [0.717, 1.165) is 30.8 Å². The Balaban J connectivity index is 1.53. The molecule has 1 saturated carbocycles. The van der Waals surface area contributed by atoms with Gasteiger partial charge in [0.05, 0.1) is 18.3 Å². The molecule has 0 aromatic carbocycles. The van der Waals surface area contributed by atoms with Crippen molar-refractivity contribution in [3.63, 3.8) is 0 Å². The normalized spacial score (nSPS) is 25.6. The fraction of sp³-hybridized carbons (Fsp3) is 0.600. The maximum atomic E-state index is 10.2. The number of nitrogens with zero attached hydrogens (tertiary/aromatic N) is 3. The second-order valence-corrected chi connectivity index (χ2v) is 5.86. The Hall–Kier alpha value is -1.66. The van der Waals surface area contributed by atoms with Gasteiger partial charge in [0.2, 0.25) is 0 Å². The van der Waals surface area contributed by atoms with Crippen molar-refractivity contribution in [1.29, 1.82) is 0 Å². The summed E-state index contributed by atoms with van der Waals surface area (Å²) in [6, 6.07) is 2.03. The van der Waals surface area contributed by atoms with E-state index in [1.54, 1.807) is 6.20 Å². The van der Waals surface area contributed by atoms with Crippen molar-refractivity contribution in [2.75, 3.05) is 0 Å². The van der Waals surface area contributed by atoms with Crippen molar-refractivity contribution in [3.05, 3.63) is 35.8 Å². The van der Waals surface area contributed by atoms with E-state index in [9.17, 15) is 5.11 Å². The van der Waals surface area contributed by atoms with Crippen LogP contribution in [0, 0.1) is 19.8 Å². The van der Waals surface area contributed by atoms with Crippen LogP contribution in [0.4, 0.5) is 0 Å². The van der Waals surface area contributed by atoms with Crippen LogP contribution in [0.15, 0.2) is 22.9 Å². The van der Waals surface area contributed by atoms with E-state index < -0.39 is 0 Å². The minimum Gasteiger partial charge on any atom is -0.444 e. The maximum Gasteiger partial charge on any atom is 0.191 e. The summed E-state index contributed by atoms with van der Waals surface area (Å²) < 4.78 is 7.49. The van der Waals surface area contributed by atoms with Crippen molar-refractivity contribution in [1.82, 2.24) is 20.1 Å². The van der Waals surface area contributed by atoms with E-state index in [4.69, 9.17) is 4.42 Å². The summed E-state index contributed by atoms with van der Waals surface area (Å²) in [4.78, 5) is 4.26. The molecular formula is C15H22N4O2. The molecule has 3 rings (SSSR count). The van der Waals surface area contributed by atoms with E-state index in [1.165, 1.54) is 0 Å². The van der Waals surface area contributed by atoms with Crippen molar-refractivity contribution in [2.24, 2.45) is 5.92 Å². The van der Waals surface area contributed by atoms with E-state index in [0.29, 0.717) is 18.4 Å². The SMILES string of the molecule is Cc1nc(C)c(CN[C@@H]2CC(Cn3cccn3)C[C@H]2O)o1. The number of oxazole rings is 1. The van der Waals surface area contributed by atoms with Gasteiger partial charge in [0, 0.05) is 31.9 Å². The van der Waals surface area contributed by atoms with Gasteiger partial charge in [-0.3, -0.25) is 4.68 Å². The number of hydrogen-bond donors (Lipinski definition) is 2. The predicted octanol–water partition coefficient (Wildman–Crippen LogP) is 1.42. The van der Waals surface area contributed by atoms with E-state index >= 15 is 0 Å². The van der Waals surface area contributed by atoms with Crippen LogP contribution >= 0.6 is 0 Å². The standard InChI is InChI=1S/C15H22N4O2/c1-10-15(21-11(2)18-10)8-16-13-6-12(7-14(13)20)9-19-5-3-4-17-19/h3-5,12-14,16,20H,6-9H2,1-2H3/t12?,13-,14-/m1/s1. The number of nitrogens with one attached hydrogen (secondary N) is 1. The summed E-state index contributed by atoms with van der Waals surface area (Å²) in [5, 5.41) is 17.8. The fourth-order valence-electron chi connectivity index (χ4n) is 3.12. The molecule has 2 N–H and O–H groups in total. The molecule has 2 heterocycles. The topological polar surface area (TPSA) is 76.1 Å². The van der Waals surface area contributed by atoms with Gasteiger partial charge in [0.15, 0.2) is 5.89 Å². The molecule has 0 aliphatic heterocycles. The van der Waals surface area contributed by atoms with Gasteiger partial charge in [0.1, 0.15) is 5.76 Å². The Morgan fingerprint density at radius 1 is 1.43 bits per heavy atom. The molecule has 0 saturated heterocycles. The molecule has 1 aliphatic rings. The van der Waals surface area contributed by atoms with Crippen molar-refractivity contribution in [3.8, 4) is 0 Å². The first-order chi connectivity index (χ1) is 10.1. The molecule has 21 heavy (non-hydrogen) atoms. The van der Waals surface area contributed by atoms with Crippen molar-refractivity contribution < 1.29 is 9.52 Å². The quantitative estimate of drug-likeness (QED) is 0.871. The molecule has 6 heteroatoms. The zero-order chi connectivity index (χ0) is 14.8. The van der Waals surface area contributed by atoms with E-state index in [-0.39, 0.29) is 12.1 Å². The summed E-state index contributed by atoms with van der Waals surface area (Å²) in [6.07, 6.45) is 5.21. The summed E-state index contributed by atoms with van der Waals surface area (Å²) in [5.74, 6) is 2.00. The molecule has 6 nitrogen and oxygen atoms in total. The zero-order valence-corrected chi connectivity index (χ0v) is 12.5. The van der Waals surface area contributed by atoms with Gasteiger partial charge < -0.3 is 14.8 Å². The number of aryl methyl sites for hydroxylation is 2. The third-order valence-corrected chi connectivity index (χ3v) is 4.16. The van der Waals surface area contributed by atoms with Gasteiger partial charge >= 0.3 is 0 Å². The summed E-state index contributed by atoms with van der Waals surface area (Å²) in [6.45, 7) is 5.27. The van der Waals surface area contributed by atoms with Crippen LogP contribution < -0.4 is 5.32 Å². The second kappa shape index (κ2) is 5.99. The average Bonchev–Trinajstić information content (AvgIpc) is 3.11. The molecule has 3 atom stereocenters. The lowest BCUT2D eigenvalue weighted by Crippen LogP contribution is -2.35. The van der Waals surface area contributed by atoms with Crippen molar-refractivity contribution in [2.45, 2.75) is 51.9 Å². The molecule has 1 fully saturated rings. The second-order valence-electron chi connectivity index (χ2n) is 5.86. The minimum atomic E-state index is -0.310. The first-order valence-corrected chi connectivity index (χ1v) is 7.43. The van der Waals surface area contributed by atoms with Gasteiger partial charge in [-0.2, -0.15) is 5.10 Å². The highest BCUT2D eigenvalue weighted by molar-refractivity contribution is 5.07. The average molecular weight is 290 g/mol. The maximum absolute atomic E-state index is 10.2. The monoisotopic (exact) mass is 290 g/mol. The Labute approximate surface area is 124 Å². The molecular weight excluding hydrogens is 268 g/mol. The van der Waals surface area contributed by atoms with Crippen LogP contribution in [0.5, 0.6) is 0 Å². The van der Waals surface area contributed by atoms with Gasteiger partial charge in [-0.1, -0.05) is 0 Å². The molecule has 1 aliphatic carbocycles. The van der Waals surface area contributed by atoms with Crippen LogP contribution in [0.1, 0.15) is 30.2 Å². The molecule has 1 unspecified atom stereocenters. The summed E-state index contributed by atoms with van der Waals surface area (Å²) in [5.41, 5.74) is 0.917. The number of hydrogen-bond acceptors (Lipinski definition) is 5. The Bertz CT molecular complexity index is 579. The van der Waals surface area contributed by atoms with Crippen LogP contribution in [0.3, 0.4) is 0 Å². The van der Waals surface area contributed by atoms with E-state index in [2.05, 4.69) is 15.4 Å². The number of aliphatic hydroxyl groups is 1. The molecule has 114 valence electrons. The summed E-state index contributed by atoms with van der Waals surface area (Å²) in [7, 11) is 0. The van der Waals surface area contributed by atoms with Crippen LogP contribution in [0.25, 0.3) is 0 Å². The lowest BCUT2D eigenvalue weighted by atomic mass is 10.1. The highest BCUT2D eigenvalue weighted by Gasteiger charge is 2.33. The van der Waals surface area contributed by atoms with Crippen LogP contribution in [0.2, 0.25) is 0 Å². The van der Waals surface area contributed by atoms with Gasteiger partial charge in [-0.25, -0.2) is 4.98 Å². The lowest BCUT2D eigenvalue weighted by Gasteiger charge is -2.15. The van der Waals surface area contributed by atoms with Gasteiger partial charge in [-0.05, 0) is 31.7 Å². The Kier molecular flexibility index (Phi) is 4.07. The molecule has 2 aromatic heterocycles. The number of aliphatic hydroxyl groups excluding tert-OH is 1. The van der Waals surface area contributed by atoms with Crippen molar-refractivity contribution >= 4 is 0 Å². The third kappa shape index (κ3) is 3.33. The first kappa shape index (κ1) is 14.3. The highest BCUT2D eigenvalue weighted by atomic mass is 16.4. The molecule has 2 aromatic rings. The Morgan fingerprint density at radius 3 is 2.95 bits per heavy atom. The van der Waals surface area contributed by atoms with Crippen LogP contribution in [-0.2, 0) is 13.1 Å². The first-order valence-electron chi connectivity index (χ1n) is 7.43. The Morgan fingerprint density at radius 2 is 2.29 bits per heavy atom. The predicted molar refractivity (Wildman–Crippen MR) is 77.6 cm³/mol. The molecule has 0 amide bonds. The van der Waals surface area contributed by atoms with Gasteiger partial charge in [0.25, 0.3) is 0 Å². The fourth-order valence-corrected chi connectivity index (χ4v) is 3.12. The minimum absolute atomic E-state index is 0.107. The smallest absolute Gasteiger partial charge is 0.191 e. The molecule has 0 radical (unpaired) electrons. The zero-order valence-electron chi connectivity index (χ0n) is 12.5. The third-order valence-electron chi connectivity index (χ3n) is 4.16. The largest absolute Gasteiger partial charge is 0.444 e. The summed E-state index contributed by atoms with van der Waals surface area (Å²) >= 11 is 0. The lowest BCUT2D eigenvalue weighted by molar-refractivity contribution is 0.144. The van der Waals surface area contributed by atoms with Gasteiger partial charge in [-0.15, -0.1) is 0 Å². The van der Waals surface area contributed by atoms with E-state index in [1.807, 2.05) is 30.8 Å². The van der Waals surface area contributed by atoms with Crippen LogP contribution in [-0.4, -0.2) is 32.0 Å². The molecule has 0 bridgehead atoms. The molecule has 0 spiro atoms. The number of rotatable bonds is 5.